The second-order valence-electron chi connectivity index (χ2n) is 17.7. The van der Waals surface area contributed by atoms with Crippen molar-refractivity contribution in [2.75, 3.05) is 0 Å². The number of nitrogens with two attached hydrogens (primary N) is 1. The molecule has 16 heteroatoms. The highest BCUT2D eigenvalue weighted by molar-refractivity contribution is 5.93. The Kier molecular flexibility index (Phi) is 20.8. The van der Waals surface area contributed by atoms with Gasteiger partial charge in [-0.15, -0.1) is 0 Å². The van der Waals surface area contributed by atoms with Crippen LogP contribution in [0.1, 0.15) is 83.2 Å². The van der Waals surface area contributed by atoms with Crippen LogP contribution in [0.15, 0.2) is 104 Å². The third-order valence-corrected chi connectivity index (χ3v) is 11.6. The van der Waals surface area contributed by atoms with Gasteiger partial charge in [0.1, 0.15) is 30.8 Å². The molecule has 0 aliphatic heterocycles. The summed E-state index contributed by atoms with van der Waals surface area (Å²) in [4.78, 5) is 88.9. The summed E-state index contributed by atoms with van der Waals surface area (Å²) in [5, 5.41) is 26.1. The van der Waals surface area contributed by atoms with Crippen LogP contribution in [0.25, 0.3) is 0 Å². The average Bonchev–Trinajstić information content (AvgIpc) is 3.82. The number of aromatic nitrogens is 2. The number of benzene rings is 3. The molecule has 4 rings (SSSR count). The number of carbonyl (C=O) groups is 6. The summed E-state index contributed by atoms with van der Waals surface area (Å²) in [6.45, 7) is 11.2. The number of rotatable bonds is 26. The molecule has 9 N–H and O–H groups in total. The van der Waals surface area contributed by atoms with Gasteiger partial charge in [0.2, 0.25) is 29.5 Å². The zero-order valence-corrected chi connectivity index (χ0v) is 38.9. The number of amides is 6. The largest absolute Gasteiger partial charge is 0.445 e. The molecule has 0 saturated heterocycles. The van der Waals surface area contributed by atoms with E-state index < -0.39 is 77.9 Å². The summed E-state index contributed by atoms with van der Waals surface area (Å²) in [5.74, 6) is -4.43. The van der Waals surface area contributed by atoms with E-state index in [4.69, 9.17) is 10.5 Å². The van der Waals surface area contributed by atoms with Gasteiger partial charge in [0, 0.05) is 31.4 Å². The molecule has 3 aromatic carbocycles. The predicted octanol–water partition coefficient (Wildman–Crippen LogP) is 4.27. The monoisotopic (exact) mass is 909 g/mol. The number of imidazole rings is 1. The molecule has 6 amide bonds. The molecule has 8 atom stereocenters. The molecule has 0 saturated carbocycles. The van der Waals surface area contributed by atoms with E-state index in [1.54, 1.807) is 6.20 Å². The average molecular weight is 909 g/mol. The van der Waals surface area contributed by atoms with Gasteiger partial charge in [-0.25, -0.2) is 9.78 Å². The second kappa shape index (κ2) is 26.4. The normalized spacial score (nSPS) is 14.9. The summed E-state index contributed by atoms with van der Waals surface area (Å²) in [5.41, 5.74) is 8.46. The van der Waals surface area contributed by atoms with Crippen LogP contribution in [0.5, 0.6) is 0 Å². The molecule has 4 aromatic rings. The number of aromatic amines is 1. The van der Waals surface area contributed by atoms with Crippen LogP contribution in [0.4, 0.5) is 4.79 Å². The molecule has 0 aliphatic rings. The molecule has 0 fully saturated rings. The Bertz CT molecular complexity index is 2120. The summed E-state index contributed by atoms with van der Waals surface area (Å²) in [7, 11) is 0. The highest BCUT2D eigenvalue weighted by Gasteiger charge is 2.36. The smallest absolute Gasteiger partial charge is 0.408 e. The molecule has 0 aliphatic carbocycles. The fourth-order valence-corrected chi connectivity index (χ4v) is 7.57. The van der Waals surface area contributed by atoms with E-state index in [0.29, 0.717) is 18.5 Å². The third-order valence-electron chi connectivity index (χ3n) is 11.6. The lowest BCUT2D eigenvalue weighted by Gasteiger charge is -2.32. The van der Waals surface area contributed by atoms with E-state index in [9.17, 15) is 33.9 Å². The van der Waals surface area contributed by atoms with Gasteiger partial charge < -0.3 is 47.1 Å². The molecule has 0 radical (unpaired) electrons. The molecule has 356 valence electrons. The molecular weight excluding hydrogens is 841 g/mol. The van der Waals surface area contributed by atoms with Crippen molar-refractivity contribution in [1.29, 1.82) is 0 Å². The maximum absolute atomic E-state index is 14.4. The summed E-state index contributed by atoms with van der Waals surface area (Å²) in [6.07, 6.45) is 2.06. The summed E-state index contributed by atoms with van der Waals surface area (Å²) < 4.78 is 5.46. The van der Waals surface area contributed by atoms with Crippen molar-refractivity contribution in [2.24, 2.45) is 29.4 Å². The first-order valence-corrected chi connectivity index (χ1v) is 22.8. The van der Waals surface area contributed by atoms with E-state index in [2.05, 4.69) is 36.6 Å². The lowest BCUT2D eigenvalue weighted by molar-refractivity contribution is -0.135. The number of alkyl carbamates (subject to hydrolysis) is 1. The van der Waals surface area contributed by atoms with Gasteiger partial charge in [0.25, 0.3) is 0 Å². The standard InChI is InChI=1S/C50H68N8O8/c1-7-33(6)44(49(64)55-40(45(51)60)26-37-28-52-30-53-37)58-46(61)38(32(4)5)27-43(59)39(23-31(2)3)54-47(62)41(24-34-17-11-8-12-18-34)56-48(63)42(25-35-19-13-9-14-20-35)57-50(65)66-29-36-21-15-10-16-22-36/h8-22,28,30-33,38-44,59H,7,23-27,29H2,1-6H3,(H2,51,60)(H,52,53)(H,54,62)(H,55,64)(H,56,63)(H,57,65)(H,58,61)/t33-,38-,39-,40-,41-,42-,43-,44-/m0/s1. The quantitative estimate of drug-likeness (QED) is 0.0448. The van der Waals surface area contributed by atoms with Crippen LogP contribution >= 0.6 is 0 Å². The minimum absolute atomic E-state index is 0.00191. The van der Waals surface area contributed by atoms with Gasteiger partial charge in [-0.1, -0.05) is 139 Å². The number of nitrogens with zero attached hydrogens (tertiary/aromatic N) is 1. The summed E-state index contributed by atoms with van der Waals surface area (Å²) in [6, 6.07) is 22.2. The van der Waals surface area contributed by atoms with Crippen LogP contribution in [0.3, 0.4) is 0 Å². The molecule has 1 aromatic heterocycles. The third kappa shape index (κ3) is 17.1. The Hall–Kier alpha value is -6.55. The zero-order chi connectivity index (χ0) is 48.2. The van der Waals surface area contributed by atoms with Crippen molar-refractivity contribution in [3.05, 3.63) is 126 Å². The SMILES string of the molecule is CC[C@H](C)[C@H](NC(=O)[C@@H](C[C@H](O)[C@H](CC(C)C)NC(=O)[C@H](Cc1ccccc1)NC(=O)[C@H](Cc1ccccc1)NC(=O)OCc1ccccc1)C(C)C)C(=O)N[C@@H](Cc1c[nH]cn1)C(N)=O. The first-order chi connectivity index (χ1) is 31.5. The van der Waals surface area contributed by atoms with Gasteiger partial charge in [-0.3, -0.25) is 24.0 Å². The van der Waals surface area contributed by atoms with E-state index >= 15 is 0 Å². The number of nitrogens with one attached hydrogen (secondary N) is 6. The summed E-state index contributed by atoms with van der Waals surface area (Å²) >= 11 is 0. The first-order valence-electron chi connectivity index (χ1n) is 22.8. The Morgan fingerprint density at radius 1 is 0.652 bits per heavy atom. The Morgan fingerprint density at radius 3 is 1.68 bits per heavy atom. The fourth-order valence-electron chi connectivity index (χ4n) is 7.57. The van der Waals surface area contributed by atoms with E-state index in [1.165, 1.54) is 6.33 Å². The topological polar surface area (TPSA) is 247 Å². The van der Waals surface area contributed by atoms with Crippen molar-refractivity contribution in [1.82, 2.24) is 36.6 Å². The van der Waals surface area contributed by atoms with Crippen molar-refractivity contribution in [2.45, 2.75) is 123 Å². The van der Waals surface area contributed by atoms with Gasteiger partial charge >= 0.3 is 6.09 Å². The first kappa shape index (κ1) is 52.1. The van der Waals surface area contributed by atoms with E-state index in [0.717, 1.165) is 16.7 Å². The lowest BCUT2D eigenvalue weighted by Crippen LogP contribution is -2.58. The lowest BCUT2D eigenvalue weighted by atomic mass is 9.85. The van der Waals surface area contributed by atoms with Crippen LogP contribution in [0, 0.1) is 23.7 Å². The number of aliphatic hydroxyl groups excluding tert-OH is 1. The Balaban J connectivity index is 1.53. The van der Waals surface area contributed by atoms with E-state index in [1.807, 2.05) is 133 Å². The maximum Gasteiger partial charge on any atom is 0.408 e. The van der Waals surface area contributed by atoms with Gasteiger partial charge in [-0.2, -0.15) is 0 Å². The second-order valence-corrected chi connectivity index (χ2v) is 17.7. The number of hydrogen-bond acceptors (Lipinski definition) is 9. The minimum Gasteiger partial charge on any atom is -0.445 e. The van der Waals surface area contributed by atoms with Crippen LogP contribution in [-0.4, -0.2) is 87.0 Å². The minimum atomic E-state index is -1.22. The van der Waals surface area contributed by atoms with E-state index in [-0.39, 0.29) is 50.0 Å². The van der Waals surface area contributed by atoms with Gasteiger partial charge in [-0.05, 0) is 47.3 Å². The molecule has 0 spiro atoms. The molecule has 16 nitrogen and oxygen atoms in total. The molecule has 0 bridgehead atoms. The number of hydrogen-bond donors (Lipinski definition) is 8. The number of H-pyrrole nitrogens is 1. The van der Waals surface area contributed by atoms with Crippen molar-refractivity contribution < 1.29 is 38.6 Å². The predicted molar refractivity (Wildman–Crippen MR) is 251 cm³/mol. The van der Waals surface area contributed by atoms with Crippen LogP contribution in [0.2, 0.25) is 0 Å². The fraction of sp³-hybridized carbons (Fsp3) is 0.460. The van der Waals surface area contributed by atoms with Gasteiger partial charge in [0.15, 0.2) is 0 Å². The maximum atomic E-state index is 14.4. The zero-order valence-electron chi connectivity index (χ0n) is 38.9. The number of aliphatic hydroxyl groups is 1. The molecule has 1 heterocycles. The van der Waals surface area contributed by atoms with Crippen molar-refractivity contribution >= 4 is 35.6 Å². The highest BCUT2D eigenvalue weighted by atomic mass is 16.5. The van der Waals surface area contributed by atoms with Crippen molar-refractivity contribution in [3.8, 4) is 0 Å². The Morgan fingerprint density at radius 2 is 1.18 bits per heavy atom. The van der Waals surface area contributed by atoms with Crippen LogP contribution in [-0.2, 0) is 54.6 Å². The number of primary amides is 1. The Labute approximate surface area is 388 Å². The van der Waals surface area contributed by atoms with Crippen LogP contribution < -0.4 is 32.3 Å². The van der Waals surface area contributed by atoms with Gasteiger partial charge in [0.05, 0.1) is 24.2 Å². The molecular formula is C50H68N8O8. The van der Waals surface area contributed by atoms with Crippen molar-refractivity contribution in [3.63, 3.8) is 0 Å². The number of carbonyl (C=O) groups excluding carboxylic acids is 6. The molecule has 66 heavy (non-hydrogen) atoms. The molecule has 0 unspecified atom stereocenters. The highest BCUT2D eigenvalue weighted by Crippen LogP contribution is 2.23. The number of ether oxygens (including phenoxy) is 1.